The zero-order chi connectivity index (χ0) is 17.4. The molecule has 2 aromatic carbocycles. The summed E-state index contributed by atoms with van der Waals surface area (Å²) in [4.78, 5) is 12.1. The summed E-state index contributed by atoms with van der Waals surface area (Å²) in [5, 5.41) is 0.875. The number of rotatable bonds is 8. The fraction of sp³-hybridized carbons (Fsp3) is 0.350. The molecule has 128 valence electrons. The quantitative estimate of drug-likeness (QED) is 0.510. The van der Waals surface area contributed by atoms with Gasteiger partial charge in [-0.05, 0) is 0 Å². The summed E-state index contributed by atoms with van der Waals surface area (Å²) in [5.41, 5.74) is 1.10. The van der Waals surface area contributed by atoms with E-state index in [4.69, 9.17) is 9.47 Å². The van der Waals surface area contributed by atoms with E-state index in [1.807, 2.05) is 50.2 Å². The summed E-state index contributed by atoms with van der Waals surface area (Å²) in [7, 11) is 0. The second kappa shape index (κ2) is 9.63. The predicted molar refractivity (Wildman–Crippen MR) is 97.6 cm³/mol. The van der Waals surface area contributed by atoms with Crippen molar-refractivity contribution in [2.45, 2.75) is 44.4 Å². The molecule has 2 aromatic rings. The van der Waals surface area contributed by atoms with Crippen LogP contribution in [0.1, 0.15) is 32.4 Å². The minimum atomic E-state index is -0.579. The van der Waals surface area contributed by atoms with Crippen LogP contribution in [0.2, 0.25) is 5.32 Å². The van der Waals surface area contributed by atoms with Gasteiger partial charge >= 0.3 is 150 Å². The number of hydrogen-bond acceptors (Lipinski definition) is 3. The summed E-state index contributed by atoms with van der Waals surface area (Å²) in [5.74, 6) is -0.307. The van der Waals surface area contributed by atoms with Crippen molar-refractivity contribution in [2.24, 2.45) is 0 Å². The Kier molecular flexibility index (Phi) is 7.51. The Balaban J connectivity index is 2.04. The molecule has 0 heterocycles. The topological polar surface area (TPSA) is 35.5 Å². The van der Waals surface area contributed by atoms with Crippen molar-refractivity contribution in [3.8, 4) is 0 Å². The molecule has 0 spiro atoms. The maximum absolute atomic E-state index is 12.1. The Hall–Kier alpha value is -1.61. The molecule has 4 heteroatoms. The molecule has 0 aliphatic heterocycles. The molecule has 0 saturated carbocycles. The first-order valence-corrected chi connectivity index (χ1v) is 10.2. The van der Waals surface area contributed by atoms with Gasteiger partial charge in [0, 0.05) is 0 Å². The van der Waals surface area contributed by atoms with Gasteiger partial charge in [-0.25, -0.2) is 0 Å². The van der Waals surface area contributed by atoms with E-state index in [9.17, 15) is 4.79 Å². The molecule has 0 N–H and O–H groups in total. The molecule has 2 rings (SSSR count). The Labute approximate surface area is 150 Å². The van der Waals surface area contributed by atoms with E-state index in [1.54, 1.807) is 6.92 Å². The fourth-order valence-electron chi connectivity index (χ4n) is 2.20. The van der Waals surface area contributed by atoms with Crippen LogP contribution in [0.5, 0.6) is 0 Å². The second-order valence-electron chi connectivity index (χ2n) is 5.79. The van der Waals surface area contributed by atoms with Crippen LogP contribution in [0.4, 0.5) is 0 Å². The molecule has 3 nitrogen and oxygen atoms in total. The Morgan fingerprint density at radius 1 is 0.958 bits per heavy atom. The Bertz CT molecular complexity index is 613. The van der Waals surface area contributed by atoms with Crippen molar-refractivity contribution in [1.82, 2.24) is 0 Å². The van der Waals surface area contributed by atoms with E-state index in [-0.39, 0.29) is 33.1 Å². The molecule has 0 fully saturated rings. The number of benzene rings is 2. The summed E-state index contributed by atoms with van der Waals surface area (Å²) in [6.45, 7) is 5.45. The van der Waals surface area contributed by atoms with E-state index >= 15 is 0 Å². The predicted octanol–water partition coefficient (Wildman–Crippen LogP) is 3.53. The van der Waals surface area contributed by atoms with E-state index in [0.29, 0.717) is 0 Å². The van der Waals surface area contributed by atoms with Crippen LogP contribution < -0.4 is 4.46 Å². The van der Waals surface area contributed by atoms with Gasteiger partial charge in [0.2, 0.25) is 0 Å². The maximum atomic E-state index is 12.1. The van der Waals surface area contributed by atoms with E-state index in [1.165, 1.54) is 4.46 Å². The van der Waals surface area contributed by atoms with Gasteiger partial charge in [0.15, 0.2) is 0 Å². The summed E-state index contributed by atoms with van der Waals surface area (Å²) in [6.07, 6.45) is -0.822. The van der Waals surface area contributed by atoms with Crippen molar-refractivity contribution >= 4 is 25.4 Å². The monoisotopic (exact) mass is 392 g/mol. The molecule has 0 aromatic heterocycles. The summed E-state index contributed by atoms with van der Waals surface area (Å²) >= 11 is 0.281. The molecule has 0 saturated heterocycles. The molecule has 1 unspecified atom stereocenters. The molecule has 0 aliphatic carbocycles. The molecule has 24 heavy (non-hydrogen) atoms. The standard InChI is InChI=1S/C20H24O3Se/c1-15(2)22-20(21)16(3)23-19(17-10-6-4-7-11-17)14-24-18-12-8-5-9-13-18/h4-13,15-16,19H,14H2,1-3H3/t16-,19?/m0/s1. The fourth-order valence-corrected chi connectivity index (χ4v) is 4.22. The van der Waals surface area contributed by atoms with Crippen molar-refractivity contribution in [3.05, 3.63) is 66.2 Å². The first-order valence-electron chi connectivity index (χ1n) is 8.15. The zero-order valence-corrected chi connectivity index (χ0v) is 16.1. The summed E-state index contributed by atoms with van der Waals surface area (Å²) in [6, 6.07) is 20.5. The number of esters is 1. The zero-order valence-electron chi connectivity index (χ0n) is 14.3. The third-order valence-electron chi connectivity index (χ3n) is 3.37. The van der Waals surface area contributed by atoms with Crippen LogP contribution in [-0.4, -0.2) is 33.1 Å². The van der Waals surface area contributed by atoms with Gasteiger partial charge in [-0.1, -0.05) is 0 Å². The number of ether oxygens (including phenoxy) is 2. The van der Waals surface area contributed by atoms with Crippen LogP contribution >= 0.6 is 0 Å². The molecule has 0 amide bonds. The van der Waals surface area contributed by atoms with Gasteiger partial charge < -0.3 is 0 Å². The van der Waals surface area contributed by atoms with Crippen molar-refractivity contribution in [1.29, 1.82) is 0 Å². The first-order chi connectivity index (χ1) is 11.6. The average molecular weight is 391 g/mol. The normalized spacial score (nSPS) is 13.5. The first kappa shape index (κ1) is 18.7. The third-order valence-corrected chi connectivity index (χ3v) is 5.62. The van der Waals surface area contributed by atoms with Crippen LogP contribution in [0, 0.1) is 0 Å². The van der Waals surface area contributed by atoms with Gasteiger partial charge in [-0.15, -0.1) is 0 Å². The van der Waals surface area contributed by atoms with Crippen molar-refractivity contribution < 1.29 is 14.3 Å². The van der Waals surface area contributed by atoms with Crippen LogP contribution in [0.3, 0.4) is 0 Å². The van der Waals surface area contributed by atoms with Gasteiger partial charge in [-0.3, -0.25) is 0 Å². The average Bonchev–Trinajstić information content (AvgIpc) is 2.59. The Morgan fingerprint density at radius 2 is 1.54 bits per heavy atom. The molecule has 0 bridgehead atoms. The van der Waals surface area contributed by atoms with Crippen molar-refractivity contribution in [3.63, 3.8) is 0 Å². The molecule has 2 atom stereocenters. The van der Waals surface area contributed by atoms with Gasteiger partial charge in [0.05, 0.1) is 0 Å². The van der Waals surface area contributed by atoms with E-state index < -0.39 is 6.10 Å². The van der Waals surface area contributed by atoms with E-state index in [2.05, 4.69) is 24.3 Å². The van der Waals surface area contributed by atoms with Gasteiger partial charge in [0.25, 0.3) is 0 Å². The molecule has 0 radical (unpaired) electrons. The second-order valence-corrected chi connectivity index (χ2v) is 8.08. The molecule has 0 aliphatic rings. The molecular formula is C20H24O3Se. The third kappa shape index (κ3) is 6.12. The van der Waals surface area contributed by atoms with E-state index in [0.717, 1.165) is 10.9 Å². The summed E-state index contributed by atoms with van der Waals surface area (Å²) < 4.78 is 12.6. The Morgan fingerprint density at radius 3 is 2.12 bits per heavy atom. The van der Waals surface area contributed by atoms with Gasteiger partial charge in [0.1, 0.15) is 0 Å². The minimum absolute atomic E-state index is 0.110. The molecular weight excluding hydrogens is 367 g/mol. The van der Waals surface area contributed by atoms with Crippen molar-refractivity contribution in [2.75, 3.05) is 0 Å². The van der Waals surface area contributed by atoms with Crippen LogP contribution in [-0.2, 0) is 14.3 Å². The van der Waals surface area contributed by atoms with Crippen LogP contribution in [0.15, 0.2) is 60.7 Å². The number of hydrogen-bond donors (Lipinski definition) is 0. The number of carbonyl (C=O) groups excluding carboxylic acids is 1. The SMILES string of the molecule is CC(C)OC(=O)[C@H](C)OC(C[Se]c1ccccc1)c1ccccc1. The van der Waals surface area contributed by atoms with Gasteiger partial charge in [-0.2, -0.15) is 0 Å². The number of carbonyl (C=O) groups is 1. The van der Waals surface area contributed by atoms with Crippen LogP contribution in [0.25, 0.3) is 0 Å².